The first-order chi connectivity index (χ1) is 23.5. The number of methoxy groups -OCH3 is 2. The van der Waals surface area contributed by atoms with Gasteiger partial charge in [-0.25, -0.2) is 0 Å². The lowest BCUT2D eigenvalue weighted by Crippen LogP contribution is -2.43. The lowest BCUT2D eigenvalue weighted by molar-refractivity contribution is -0.385. The molecule has 0 aromatic heterocycles. The monoisotopic (exact) mass is 668 g/mol. The number of allylic oxidation sites excluding steroid dienone is 2. The quantitative estimate of drug-likeness (QED) is 0.163. The molecule has 2 aliphatic heterocycles. The van der Waals surface area contributed by atoms with E-state index in [1.165, 1.54) is 74.9 Å². The Kier molecular flexibility index (Phi) is 7.41. The van der Waals surface area contributed by atoms with Gasteiger partial charge in [-0.15, -0.1) is 0 Å². The van der Waals surface area contributed by atoms with Crippen LogP contribution in [-0.4, -0.2) is 52.8 Å². The molecule has 3 aromatic rings. The first kappa shape index (κ1) is 31.5. The summed E-state index contributed by atoms with van der Waals surface area (Å²) in [6, 6.07) is 12.9. The highest BCUT2D eigenvalue weighted by Crippen LogP contribution is 2.61. The maximum atomic E-state index is 14.4. The van der Waals surface area contributed by atoms with E-state index in [4.69, 9.17) is 9.47 Å². The molecule has 250 valence electrons. The van der Waals surface area contributed by atoms with Gasteiger partial charge < -0.3 is 14.6 Å². The number of ether oxygens (including phenoxy) is 2. The highest BCUT2D eigenvalue weighted by atomic mass is 16.6. The molecule has 15 heteroatoms. The van der Waals surface area contributed by atoms with E-state index in [1.807, 2.05) is 6.08 Å². The van der Waals surface area contributed by atoms with Crippen LogP contribution in [0.15, 0.2) is 72.3 Å². The number of amides is 4. The van der Waals surface area contributed by atoms with Gasteiger partial charge in [-0.3, -0.25) is 49.2 Å². The number of benzene rings is 3. The van der Waals surface area contributed by atoms with Crippen molar-refractivity contribution < 1.29 is 43.6 Å². The summed E-state index contributed by atoms with van der Waals surface area (Å²) in [7, 11) is 2.76. The summed E-state index contributed by atoms with van der Waals surface area (Å²) in [6.45, 7) is 0. The number of anilines is 2. The molecule has 4 aliphatic rings. The maximum absolute atomic E-state index is 14.4. The molecule has 0 spiro atoms. The van der Waals surface area contributed by atoms with Gasteiger partial charge in [-0.1, -0.05) is 11.6 Å². The average molecular weight is 669 g/mol. The Labute approximate surface area is 277 Å². The third-order valence-corrected chi connectivity index (χ3v) is 10.1. The van der Waals surface area contributed by atoms with E-state index in [-0.39, 0.29) is 52.8 Å². The highest BCUT2D eigenvalue weighted by Gasteiger charge is 2.63. The fourth-order valence-corrected chi connectivity index (χ4v) is 8.10. The first-order valence-corrected chi connectivity index (χ1v) is 15.4. The lowest BCUT2D eigenvalue weighted by Gasteiger charge is -2.44. The molecule has 49 heavy (non-hydrogen) atoms. The summed E-state index contributed by atoms with van der Waals surface area (Å²) in [5.74, 6) is -7.15. The number of nitro groups is 2. The molecule has 6 unspecified atom stereocenters. The predicted molar refractivity (Wildman–Crippen MR) is 170 cm³/mol. The molecule has 0 radical (unpaired) electrons. The first-order valence-electron chi connectivity index (χ1n) is 15.4. The molecule has 7 rings (SSSR count). The number of carbonyl (C=O) groups is 4. The Morgan fingerprint density at radius 1 is 0.694 bits per heavy atom. The molecule has 1 saturated carbocycles. The van der Waals surface area contributed by atoms with Gasteiger partial charge in [-0.2, -0.15) is 0 Å². The molecule has 3 fully saturated rings. The fraction of sp³-hybridized carbons (Fsp3) is 0.294. The van der Waals surface area contributed by atoms with E-state index < -0.39 is 69.0 Å². The van der Waals surface area contributed by atoms with Crippen molar-refractivity contribution in [3.8, 4) is 17.2 Å². The van der Waals surface area contributed by atoms with E-state index in [9.17, 15) is 44.5 Å². The number of imide groups is 2. The van der Waals surface area contributed by atoms with Crippen LogP contribution in [0.1, 0.15) is 24.3 Å². The third kappa shape index (κ3) is 4.71. The van der Waals surface area contributed by atoms with Crippen LogP contribution in [0, 0.1) is 49.8 Å². The molecule has 2 saturated heterocycles. The lowest BCUT2D eigenvalue weighted by atomic mass is 9.57. The van der Waals surface area contributed by atoms with E-state index in [2.05, 4.69) is 0 Å². The minimum atomic E-state index is -1.01. The maximum Gasteiger partial charge on any atom is 0.269 e. The Hall–Kier alpha value is -6.12. The number of aromatic hydroxyl groups is 1. The van der Waals surface area contributed by atoms with Crippen molar-refractivity contribution in [2.75, 3.05) is 24.0 Å². The predicted octanol–water partition coefficient (Wildman–Crippen LogP) is 4.27. The summed E-state index contributed by atoms with van der Waals surface area (Å²) in [5.41, 5.74) is 0.918. The number of rotatable bonds is 7. The smallest absolute Gasteiger partial charge is 0.269 e. The van der Waals surface area contributed by atoms with E-state index in [0.717, 1.165) is 9.80 Å². The summed E-state index contributed by atoms with van der Waals surface area (Å²) in [4.78, 5) is 80.0. The molecule has 2 heterocycles. The molecule has 1 N–H and O–H groups in total. The van der Waals surface area contributed by atoms with Crippen LogP contribution in [0.3, 0.4) is 0 Å². The van der Waals surface area contributed by atoms with Crippen LogP contribution in [0.5, 0.6) is 17.2 Å². The zero-order chi connectivity index (χ0) is 34.9. The Morgan fingerprint density at radius 2 is 1.16 bits per heavy atom. The van der Waals surface area contributed by atoms with Gasteiger partial charge >= 0.3 is 0 Å². The van der Waals surface area contributed by atoms with Crippen molar-refractivity contribution in [2.24, 2.45) is 29.6 Å². The van der Waals surface area contributed by atoms with Crippen LogP contribution in [0.2, 0.25) is 0 Å². The number of phenols is 1. The summed E-state index contributed by atoms with van der Waals surface area (Å²) in [5, 5.41) is 32.9. The van der Waals surface area contributed by atoms with Gasteiger partial charge in [0, 0.05) is 47.9 Å². The zero-order valence-electron chi connectivity index (χ0n) is 26.0. The second kappa shape index (κ2) is 11.5. The second-order valence-corrected chi connectivity index (χ2v) is 12.4. The molecular weight excluding hydrogens is 640 g/mol. The number of nitro benzene ring substituents is 2. The van der Waals surface area contributed by atoms with Crippen molar-refractivity contribution in [3.05, 3.63) is 98.1 Å². The zero-order valence-corrected chi connectivity index (χ0v) is 26.0. The van der Waals surface area contributed by atoms with Gasteiger partial charge in [0.15, 0.2) is 0 Å². The van der Waals surface area contributed by atoms with Crippen LogP contribution >= 0.6 is 0 Å². The van der Waals surface area contributed by atoms with Crippen molar-refractivity contribution in [3.63, 3.8) is 0 Å². The third-order valence-electron chi connectivity index (χ3n) is 10.1. The molecule has 4 amide bonds. The molecule has 6 atom stereocenters. The van der Waals surface area contributed by atoms with Crippen molar-refractivity contribution in [1.29, 1.82) is 0 Å². The van der Waals surface area contributed by atoms with Gasteiger partial charge in [0.25, 0.3) is 11.4 Å². The van der Waals surface area contributed by atoms with E-state index in [0.29, 0.717) is 11.1 Å². The molecule has 2 aliphatic carbocycles. The van der Waals surface area contributed by atoms with E-state index in [1.54, 1.807) is 0 Å². The number of hydrogen-bond acceptors (Lipinski definition) is 11. The summed E-state index contributed by atoms with van der Waals surface area (Å²) < 4.78 is 11.3. The van der Waals surface area contributed by atoms with Crippen LogP contribution in [-0.2, 0) is 19.2 Å². The Balaban J connectivity index is 1.35. The number of carbonyl (C=O) groups excluding carboxylic acids is 4. The summed E-state index contributed by atoms with van der Waals surface area (Å²) >= 11 is 0. The fourth-order valence-electron chi connectivity index (χ4n) is 8.10. The van der Waals surface area contributed by atoms with Gasteiger partial charge in [-0.05, 0) is 43.0 Å². The van der Waals surface area contributed by atoms with Crippen LogP contribution < -0.4 is 19.3 Å². The van der Waals surface area contributed by atoms with Crippen LogP contribution in [0.25, 0.3) is 0 Å². The number of hydrogen-bond donors (Lipinski definition) is 1. The highest BCUT2D eigenvalue weighted by molar-refractivity contribution is 6.24. The Bertz CT molecular complexity index is 1970. The minimum absolute atomic E-state index is 0.0536. The van der Waals surface area contributed by atoms with Crippen molar-refractivity contribution >= 4 is 46.4 Å². The van der Waals surface area contributed by atoms with Gasteiger partial charge in [0.1, 0.15) is 17.2 Å². The molecule has 0 bridgehead atoms. The molecule has 3 aromatic carbocycles. The second-order valence-electron chi connectivity index (χ2n) is 12.4. The minimum Gasteiger partial charge on any atom is -0.508 e. The number of non-ortho nitro benzene ring substituents is 2. The van der Waals surface area contributed by atoms with Crippen molar-refractivity contribution in [1.82, 2.24) is 0 Å². The van der Waals surface area contributed by atoms with Gasteiger partial charge in [0.05, 0.1) is 59.1 Å². The topological polar surface area (TPSA) is 200 Å². The van der Waals surface area contributed by atoms with Crippen LogP contribution in [0.4, 0.5) is 22.7 Å². The van der Waals surface area contributed by atoms with Crippen molar-refractivity contribution in [2.45, 2.75) is 18.8 Å². The number of phenolic OH excluding ortho intramolecular Hbond substituents is 1. The normalized spacial score (nSPS) is 25.8. The number of nitrogens with zero attached hydrogens (tertiary/aromatic N) is 4. The summed E-state index contributed by atoms with van der Waals surface area (Å²) in [6.07, 6.45) is 2.03. The molecule has 15 nitrogen and oxygen atoms in total. The van der Waals surface area contributed by atoms with Gasteiger partial charge in [0.2, 0.25) is 23.6 Å². The average Bonchev–Trinajstić information content (AvgIpc) is 3.50. The standard InChI is InChI=1S/C34H28N4O11/c1-48-25-13-20(39)14-26(49-2)30(25)28-21-11-12-22-27(33(42)35(31(22)40)16-3-7-18(8-4-16)37(44)45)23(21)15-24-29(28)34(43)36(32(24)41)17-5-9-19(10-6-17)38(46)47/h3-11,13-14,22-24,27-29,39H,12,15H2,1-2H3. The van der Waals surface area contributed by atoms with E-state index >= 15 is 0 Å². The Morgan fingerprint density at radius 3 is 1.63 bits per heavy atom. The molecular formula is C34H28N4O11. The largest absolute Gasteiger partial charge is 0.508 e. The number of fused-ring (bicyclic) bond motifs is 4. The SMILES string of the molecule is COc1cc(O)cc(OC)c1C1C2=CCC3C(=O)N(c4ccc([N+](=O)[O-])cc4)C(=O)C3C2CC2C(=O)N(c3ccc([N+](=O)[O-])cc3)C(=O)C21.